The first kappa shape index (κ1) is 41.6. The predicted octanol–water partition coefficient (Wildman–Crippen LogP) is -0.337. The van der Waals surface area contributed by atoms with Crippen LogP contribution in [0.2, 0.25) is 0 Å². The Kier molecular flexibility index (Phi) is 12.0. The van der Waals surface area contributed by atoms with E-state index in [0.29, 0.717) is 36.4 Å². The summed E-state index contributed by atoms with van der Waals surface area (Å²) in [6.07, 6.45) is -8.31. The van der Waals surface area contributed by atoms with Crippen LogP contribution in [-0.4, -0.2) is 152 Å². The molecule has 15 heteroatoms. The van der Waals surface area contributed by atoms with Crippen molar-refractivity contribution in [2.45, 2.75) is 146 Å². The molecular formula is C40H62O15. The lowest BCUT2D eigenvalue weighted by Gasteiger charge is -2.60. The van der Waals surface area contributed by atoms with Gasteiger partial charge in [0.2, 0.25) is 0 Å². The summed E-state index contributed by atoms with van der Waals surface area (Å²) in [6, 6.07) is 0. The van der Waals surface area contributed by atoms with E-state index in [1.54, 1.807) is 0 Å². The number of aliphatic hydroxyl groups excluding tert-OH is 9. The molecule has 0 bridgehead atoms. The van der Waals surface area contributed by atoms with Crippen LogP contribution < -0.4 is 0 Å². The summed E-state index contributed by atoms with van der Waals surface area (Å²) in [6.45, 7) is 7.78. The number of esters is 1. The van der Waals surface area contributed by atoms with E-state index < -0.39 is 98.2 Å². The first-order chi connectivity index (χ1) is 26.1. The molecule has 312 valence electrons. The van der Waals surface area contributed by atoms with Crippen LogP contribution in [-0.2, 0) is 28.5 Å². The van der Waals surface area contributed by atoms with E-state index in [0.717, 1.165) is 43.3 Å². The van der Waals surface area contributed by atoms with Gasteiger partial charge in [-0.05, 0) is 80.5 Å². The van der Waals surface area contributed by atoms with E-state index in [-0.39, 0.29) is 36.2 Å². The number of rotatable bonds is 9. The van der Waals surface area contributed by atoms with Crippen LogP contribution in [0, 0.1) is 46.3 Å². The van der Waals surface area contributed by atoms with Gasteiger partial charge < -0.3 is 69.6 Å². The van der Waals surface area contributed by atoms with Crippen LogP contribution in [0.25, 0.3) is 0 Å². The van der Waals surface area contributed by atoms with Gasteiger partial charge in [-0.2, -0.15) is 0 Å². The third kappa shape index (κ3) is 6.96. The second kappa shape index (κ2) is 15.9. The average Bonchev–Trinajstić information content (AvgIpc) is 3.52. The third-order valence-electron chi connectivity index (χ3n) is 15.6. The molecule has 0 spiro atoms. The highest BCUT2D eigenvalue weighted by atomic mass is 16.7. The van der Waals surface area contributed by atoms with Gasteiger partial charge in [0.05, 0.1) is 44.2 Å². The van der Waals surface area contributed by atoms with E-state index in [9.17, 15) is 50.8 Å². The molecule has 0 aromatic rings. The average molecular weight is 783 g/mol. The molecule has 3 saturated carbocycles. The highest BCUT2D eigenvalue weighted by Crippen LogP contribution is 2.68. The Hall–Kier alpha value is -1.57. The van der Waals surface area contributed by atoms with Crippen LogP contribution in [0.1, 0.15) is 72.6 Å². The fraction of sp³-hybridized carbons (Fsp3) is 0.875. The fourth-order valence-electron chi connectivity index (χ4n) is 12.2. The Bertz CT molecular complexity index is 1470. The molecular weight excluding hydrogens is 720 g/mol. The summed E-state index contributed by atoms with van der Waals surface area (Å²) in [5.41, 5.74) is 2.07. The van der Waals surface area contributed by atoms with Crippen LogP contribution >= 0.6 is 0 Å². The lowest BCUT2D eigenvalue weighted by molar-refractivity contribution is -0.337. The number of carbonyl (C=O) groups is 1. The molecule has 0 aromatic heterocycles. The Morgan fingerprint density at radius 3 is 2.24 bits per heavy atom. The maximum absolute atomic E-state index is 12.3. The van der Waals surface area contributed by atoms with Crippen LogP contribution in [0.15, 0.2) is 22.8 Å². The van der Waals surface area contributed by atoms with Crippen LogP contribution in [0.4, 0.5) is 0 Å². The first-order valence-electron chi connectivity index (χ1n) is 20.2. The summed E-state index contributed by atoms with van der Waals surface area (Å²) in [7, 11) is 0. The zero-order valence-electron chi connectivity index (χ0n) is 32.2. The zero-order chi connectivity index (χ0) is 39.7. The zero-order valence-corrected chi connectivity index (χ0v) is 32.2. The van der Waals surface area contributed by atoms with Crippen LogP contribution in [0.3, 0.4) is 0 Å². The lowest BCUT2D eigenvalue weighted by atomic mass is 9.46. The van der Waals surface area contributed by atoms with E-state index in [4.69, 9.17) is 23.7 Å². The lowest BCUT2D eigenvalue weighted by Crippen LogP contribution is -2.62. The van der Waals surface area contributed by atoms with Gasteiger partial charge in [-0.3, -0.25) is 0 Å². The van der Waals surface area contributed by atoms with Crippen molar-refractivity contribution in [3.05, 3.63) is 22.8 Å². The molecule has 3 heterocycles. The maximum atomic E-state index is 12.3. The summed E-state index contributed by atoms with van der Waals surface area (Å²) in [4.78, 5) is 12.3. The molecule has 4 aliphatic carbocycles. The Morgan fingerprint density at radius 1 is 0.873 bits per heavy atom. The number of fused-ring (bicyclic) bond motifs is 5. The van der Waals surface area contributed by atoms with Crippen molar-refractivity contribution in [1.29, 1.82) is 0 Å². The van der Waals surface area contributed by atoms with Crippen molar-refractivity contribution >= 4 is 5.97 Å². The molecule has 3 aliphatic heterocycles. The van der Waals surface area contributed by atoms with Crippen molar-refractivity contribution < 1.29 is 74.4 Å². The number of carbonyl (C=O) groups excluding carboxylic acids is 1. The second-order valence-corrected chi connectivity index (χ2v) is 18.0. The summed E-state index contributed by atoms with van der Waals surface area (Å²) >= 11 is 0. The van der Waals surface area contributed by atoms with Gasteiger partial charge in [-0.15, -0.1) is 0 Å². The fourth-order valence-corrected chi connectivity index (χ4v) is 12.2. The summed E-state index contributed by atoms with van der Waals surface area (Å²) in [5.74, 6) is 1.51. The minimum Gasteiger partial charge on any atom is -0.462 e. The van der Waals surface area contributed by atoms with Gasteiger partial charge in [0.1, 0.15) is 48.8 Å². The first-order valence-corrected chi connectivity index (χ1v) is 20.2. The smallest absolute Gasteiger partial charge is 0.336 e. The number of ether oxygens (including phenoxy) is 5. The Labute approximate surface area is 321 Å². The van der Waals surface area contributed by atoms with Gasteiger partial charge in [-0.25, -0.2) is 4.79 Å². The molecule has 7 aliphatic rings. The second-order valence-electron chi connectivity index (χ2n) is 18.0. The quantitative estimate of drug-likeness (QED) is 0.107. The maximum Gasteiger partial charge on any atom is 0.336 e. The molecule has 0 aromatic carbocycles. The molecule has 16 unspecified atom stereocenters. The minimum atomic E-state index is -1.67. The molecule has 55 heavy (non-hydrogen) atoms. The predicted molar refractivity (Wildman–Crippen MR) is 191 cm³/mol. The van der Waals surface area contributed by atoms with Gasteiger partial charge in [-0.1, -0.05) is 38.0 Å². The highest BCUT2D eigenvalue weighted by molar-refractivity contribution is 5.90. The topological polar surface area (TPSA) is 245 Å². The minimum absolute atomic E-state index is 0.0758. The number of hydrogen-bond acceptors (Lipinski definition) is 15. The molecule has 20 atom stereocenters. The Morgan fingerprint density at radius 2 is 1.55 bits per heavy atom. The van der Waals surface area contributed by atoms with Crippen molar-refractivity contribution in [3.63, 3.8) is 0 Å². The van der Waals surface area contributed by atoms with Crippen molar-refractivity contribution in [2.24, 2.45) is 46.3 Å². The number of aliphatic hydroxyl groups is 9. The van der Waals surface area contributed by atoms with Crippen molar-refractivity contribution in [3.8, 4) is 0 Å². The molecule has 9 N–H and O–H groups in total. The number of hydrogen-bond donors (Lipinski definition) is 9. The highest BCUT2D eigenvalue weighted by Gasteiger charge is 2.62. The third-order valence-corrected chi connectivity index (χ3v) is 15.6. The number of allylic oxidation sites excluding steroid dienone is 1. The van der Waals surface area contributed by atoms with Crippen molar-refractivity contribution in [2.75, 3.05) is 26.4 Å². The van der Waals surface area contributed by atoms with E-state index in [2.05, 4.69) is 26.8 Å². The van der Waals surface area contributed by atoms with Gasteiger partial charge in [0.25, 0.3) is 0 Å². The number of cyclic esters (lactones) is 1. The van der Waals surface area contributed by atoms with E-state index >= 15 is 0 Å². The SMILES string of the molecule is CC1=C(CO)C(=O)OCC1C(C)C1CCC2C3CC=C4C[C@@H](OC5OC(COC6OC(CO)C(O)C(O)C6O)C(O)C(O)C5O)C[C@H](O)[C@]4(C)C3CC[C@]12C. The van der Waals surface area contributed by atoms with Crippen LogP contribution in [0.5, 0.6) is 0 Å². The van der Waals surface area contributed by atoms with E-state index in [1.807, 2.05) is 6.92 Å². The van der Waals surface area contributed by atoms with E-state index in [1.165, 1.54) is 0 Å². The van der Waals surface area contributed by atoms with Gasteiger partial charge >= 0.3 is 5.97 Å². The monoisotopic (exact) mass is 782 g/mol. The molecule has 15 nitrogen and oxygen atoms in total. The normalized spacial score (nSPS) is 50.7. The summed E-state index contributed by atoms with van der Waals surface area (Å²) in [5, 5.41) is 94.2. The standard InChI is InChI=1S/C40H62O15/c1-17-22(13-41)36(50)51-15-23(17)18(2)24-7-8-25-21-6-5-19-11-20(12-29(43)40(19,4)26(21)9-10-39(24,25)3)53-38-35(49)33(47)31(45)28(55-38)16-52-37-34(48)32(46)30(44)27(14-42)54-37/h5,18,20-21,23-35,37-38,41-49H,6-16H2,1-4H3/t18?,20-,21?,23?,24?,25?,26?,27?,28?,29+,30?,31?,32?,33?,34?,35?,37?,38?,39-,40+/m1/s1. The molecule has 0 amide bonds. The molecule has 2 saturated heterocycles. The molecule has 5 fully saturated rings. The summed E-state index contributed by atoms with van der Waals surface area (Å²) < 4.78 is 28.6. The molecule has 7 rings (SSSR count). The largest absolute Gasteiger partial charge is 0.462 e. The van der Waals surface area contributed by atoms with Gasteiger partial charge in [0, 0.05) is 17.8 Å². The Balaban J connectivity index is 1.01. The van der Waals surface area contributed by atoms with Crippen molar-refractivity contribution in [1.82, 2.24) is 0 Å². The van der Waals surface area contributed by atoms with Gasteiger partial charge in [0.15, 0.2) is 12.6 Å². The molecule has 0 radical (unpaired) electrons.